The Morgan fingerprint density at radius 2 is 1.81 bits per heavy atom. The number of nitrogens with one attached hydrogen (secondary N) is 1. The van der Waals surface area contributed by atoms with Crippen LogP contribution in [0.15, 0.2) is 42.5 Å². The van der Waals surface area contributed by atoms with Crippen molar-refractivity contribution in [2.24, 2.45) is 0 Å². The van der Waals surface area contributed by atoms with Crippen molar-refractivity contribution < 1.29 is 35.9 Å². The first-order chi connectivity index (χ1) is 14.6. The van der Waals surface area contributed by atoms with Crippen LogP contribution in [0.5, 0.6) is 5.75 Å². The van der Waals surface area contributed by atoms with Crippen molar-refractivity contribution >= 4 is 22.9 Å². The number of amides is 1. The molecule has 1 heterocycles. The van der Waals surface area contributed by atoms with Gasteiger partial charge in [-0.2, -0.15) is 0 Å². The van der Waals surface area contributed by atoms with E-state index >= 15 is 0 Å². The summed E-state index contributed by atoms with van der Waals surface area (Å²) in [5.41, 5.74) is 0.0102. The normalized spacial score (nSPS) is 16.1. The Morgan fingerprint density at radius 3 is 2.42 bits per heavy atom. The van der Waals surface area contributed by atoms with Crippen molar-refractivity contribution in [3.05, 3.63) is 59.4 Å². The number of benzene rings is 2. The number of hydrogen-bond acceptors (Lipinski definition) is 5. The number of carbonyl (C=O) groups excluding carboxylic acids is 1. The van der Waals surface area contributed by atoms with Crippen LogP contribution in [-0.4, -0.2) is 57.0 Å². The minimum atomic E-state index is -5.07. The smallest absolute Gasteiger partial charge is 0.573 e. The molecule has 1 fully saturated rings. The van der Waals surface area contributed by atoms with Gasteiger partial charge in [0.15, 0.2) is 5.75 Å². The topological polar surface area (TPSA) is 84.9 Å². The molecule has 168 valence electrons. The highest BCUT2D eigenvalue weighted by Crippen LogP contribution is 2.32. The quantitative estimate of drug-likeness (QED) is 0.530. The van der Waals surface area contributed by atoms with Gasteiger partial charge in [-0.05, 0) is 24.3 Å². The lowest BCUT2D eigenvalue weighted by Crippen LogP contribution is -2.48. The molecule has 12 heteroatoms. The number of halogens is 4. The van der Waals surface area contributed by atoms with Crippen LogP contribution in [0.2, 0.25) is 0 Å². The molecule has 31 heavy (non-hydrogen) atoms. The van der Waals surface area contributed by atoms with Crippen molar-refractivity contribution in [3.63, 3.8) is 0 Å². The Hall–Kier alpha value is -2.70. The zero-order valence-corrected chi connectivity index (χ0v) is 16.8. The standard InChI is InChI=1S/C19H19F4N3O4S/c20-15-4-2-1-3-14(15)12-25-7-9-26(10-8-25)18(27)13-5-6-16(24-31(28)29)17(11-13)30-19(21,22)23/h1-6,11,24H,7-10,12H2,(H,28,29)/p-1. The molecule has 0 saturated carbocycles. The molecule has 0 aromatic heterocycles. The fourth-order valence-corrected chi connectivity index (χ4v) is 3.55. The maximum Gasteiger partial charge on any atom is 0.573 e. The summed E-state index contributed by atoms with van der Waals surface area (Å²) < 4.78 is 79.0. The molecule has 0 spiro atoms. The number of rotatable bonds is 6. The van der Waals surface area contributed by atoms with Crippen LogP contribution in [-0.2, 0) is 17.8 Å². The highest BCUT2D eigenvalue weighted by Gasteiger charge is 2.33. The number of alkyl halides is 3. The summed E-state index contributed by atoms with van der Waals surface area (Å²) in [6, 6.07) is 9.47. The summed E-state index contributed by atoms with van der Waals surface area (Å²) in [5, 5.41) is 0. The van der Waals surface area contributed by atoms with Crippen LogP contribution < -0.4 is 9.46 Å². The Labute approximate surface area is 178 Å². The van der Waals surface area contributed by atoms with Crippen LogP contribution >= 0.6 is 0 Å². The monoisotopic (exact) mass is 460 g/mol. The first-order valence-electron chi connectivity index (χ1n) is 9.13. The molecule has 1 atom stereocenters. The van der Waals surface area contributed by atoms with E-state index < -0.39 is 35.0 Å². The molecule has 0 aliphatic carbocycles. The molecule has 2 aromatic carbocycles. The fourth-order valence-electron chi connectivity index (χ4n) is 3.20. The molecule has 0 radical (unpaired) electrons. The van der Waals surface area contributed by atoms with E-state index in [1.54, 1.807) is 22.9 Å². The lowest BCUT2D eigenvalue weighted by atomic mass is 10.1. The van der Waals surface area contributed by atoms with Crippen molar-refractivity contribution in [2.45, 2.75) is 12.9 Å². The maximum atomic E-state index is 13.8. The molecule has 0 bridgehead atoms. The van der Waals surface area contributed by atoms with Gasteiger partial charge in [0.25, 0.3) is 5.91 Å². The Balaban J connectivity index is 1.68. The molecule has 7 nitrogen and oxygen atoms in total. The average Bonchev–Trinajstić information content (AvgIpc) is 2.70. The van der Waals surface area contributed by atoms with Crippen molar-refractivity contribution in [1.82, 2.24) is 9.80 Å². The van der Waals surface area contributed by atoms with Gasteiger partial charge in [-0.1, -0.05) is 18.2 Å². The highest BCUT2D eigenvalue weighted by atomic mass is 32.2. The molecular formula is C19H18F4N3O4S-. The molecule has 3 rings (SSSR count). The number of hydrogen-bond donors (Lipinski definition) is 1. The van der Waals surface area contributed by atoms with Crippen LogP contribution in [0.3, 0.4) is 0 Å². The second kappa shape index (κ2) is 9.62. The predicted octanol–water partition coefficient (Wildman–Crippen LogP) is 2.89. The minimum Gasteiger partial charge on any atom is -0.755 e. The van der Waals surface area contributed by atoms with Gasteiger partial charge in [-0.3, -0.25) is 13.9 Å². The SMILES string of the molecule is O=C(c1ccc(NS(=O)[O-])c(OC(F)(F)F)c1)N1CCN(Cc2ccccc2F)CC1. The van der Waals surface area contributed by atoms with Gasteiger partial charge in [-0.25, -0.2) is 4.39 Å². The van der Waals surface area contributed by atoms with Gasteiger partial charge in [0.1, 0.15) is 5.82 Å². The second-order valence-electron chi connectivity index (χ2n) is 6.76. The molecule has 1 amide bonds. The van der Waals surface area contributed by atoms with Crippen LogP contribution in [0.1, 0.15) is 15.9 Å². The Bertz CT molecular complexity index is 965. The Morgan fingerprint density at radius 1 is 1.13 bits per heavy atom. The zero-order chi connectivity index (χ0) is 22.6. The van der Waals surface area contributed by atoms with Crippen molar-refractivity contribution in [1.29, 1.82) is 0 Å². The van der Waals surface area contributed by atoms with Gasteiger partial charge < -0.3 is 18.9 Å². The molecule has 1 N–H and O–H groups in total. The predicted molar refractivity (Wildman–Crippen MR) is 103 cm³/mol. The highest BCUT2D eigenvalue weighted by molar-refractivity contribution is 7.80. The molecule has 1 saturated heterocycles. The first kappa shape index (κ1) is 23.0. The first-order valence-corrected chi connectivity index (χ1v) is 10.2. The maximum absolute atomic E-state index is 13.8. The molecule has 1 aliphatic rings. The average molecular weight is 460 g/mol. The summed E-state index contributed by atoms with van der Waals surface area (Å²) in [5.74, 6) is -1.67. The van der Waals surface area contributed by atoms with Crippen molar-refractivity contribution in [2.75, 3.05) is 30.9 Å². The van der Waals surface area contributed by atoms with Gasteiger partial charge in [-0.15, -0.1) is 13.2 Å². The van der Waals surface area contributed by atoms with E-state index in [4.69, 9.17) is 0 Å². The number of carbonyl (C=O) groups is 1. The van der Waals surface area contributed by atoms with Gasteiger partial charge in [0.2, 0.25) is 0 Å². The van der Waals surface area contributed by atoms with Gasteiger partial charge in [0.05, 0.1) is 5.69 Å². The third-order valence-electron chi connectivity index (χ3n) is 4.66. The number of anilines is 1. The fraction of sp³-hybridized carbons (Fsp3) is 0.316. The third-order valence-corrected chi connectivity index (χ3v) is 5.05. The van der Waals surface area contributed by atoms with Crippen molar-refractivity contribution in [3.8, 4) is 5.75 Å². The lowest BCUT2D eigenvalue weighted by molar-refractivity contribution is -0.274. The van der Waals surface area contributed by atoms with Crippen LogP contribution in [0.25, 0.3) is 0 Å². The second-order valence-corrected chi connectivity index (χ2v) is 7.43. The van der Waals surface area contributed by atoms with E-state index in [2.05, 4.69) is 4.74 Å². The summed E-state index contributed by atoms with van der Waals surface area (Å²) in [6.07, 6.45) is -5.07. The largest absolute Gasteiger partial charge is 0.755 e. The number of ether oxygens (including phenoxy) is 1. The van der Waals surface area contributed by atoms with E-state index in [0.717, 1.165) is 12.1 Å². The van der Waals surface area contributed by atoms with Gasteiger partial charge >= 0.3 is 6.36 Å². The van der Waals surface area contributed by atoms with Crippen LogP contribution in [0, 0.1) is 5.82 Å². The van der Waals surface area contributed by atoms with E-state index in [0.29, 0.717) is 38.3 Å². The summed E-state index contributed by atoms with van der Waals surface area (Å²) >= 11 is -2.87. The number of piperazine rings is 1. The summed E-state index contributed by atoms with van der Waals surface area (Å²) in [4.78, 5) is 16.2. The zero-order valence-electron chi connectivity index (χ0n) is 16.0. The third kappa shape index (κ3) is 6.39. The molecule has 2 aromatic rings. The molecular weight excluding hydrogens is 442 g/mol. The van der Waals surface area contributed by atoms with Gasteiger partial charge in [0, 0.05) is 55.1 Å². The van der Waals surface area contributed by atoms with E-state index in [9.17, 15) is 31.1 Å². The number of nitrogens with zero attached hydrogens (tertiary/aromatic N) is 2. The van der Waals surface area contributed by atoms with E-state index in [-0.39, 0.29) is 11.4 Å². The summed E-state index contributed by atoms with van der Waals surface area (Å²) in [6.45, 7) is 1.90. The summed E-state index contributed by atoms with van der Waals surface area (Å²) in [7, 11) is 0. The van der Waals surface area contributed by atoms with Crippen LogP contribution in [0.4, 0.5) is 23.2 Å². The lowest BCUT2D eigenvalue weighted by Gasteiger charge is -2.35. The Kier molecular flexibility index (Phi) is 7.13. The molecule has 1 aliphatic heterocycles. The van der Waals surface area contributed by atoms with E-state index in [1.807, 2.05) is 4.90 Å². The minimum absolute atomic E-state index is 0.0796. The van der Waals surface area contributed by atoms with E-state index in [1.165, 1.54) is 17.0 Å². The molecule has 1 unspecified atom stereocenters.